The number of rotatable bonds is 7. The maximum atomic E-state index is 12.5. The normalized spacial score (nSPS) is 14.9. The monoisotopic (exact) mass is 345 g/mol. The summed E-state index contributed by atoms with van der Waals surface area (Å²) in [5, 5.41) is 12.8. The predicted molar refractivity (Wildman–Crippen MR) is 93.6 cm³/mol. The molecule has 1 amide bonds. The van der Waals surface area contributed by atoms with Gasteiger partial charge in [-0.1, -0.05) is 54.9 Å². The first-order valence-corrected chi connectivity index (χ1v) is 9.49. The van der Waals surface area contributed by atoms with E-state index >= 15 is 0 Å². The van der Waals surface area contributed by atoms with Crippen LogP contribution in [0.1, 0.15) is 44.2 Å². The molecule has 2 aromatic rings. The largest absolute Gasteiger partial charge is 0.338 e. The van der Waals surface area contributed by atoms with Crippen molar-refractivity contribution in [1.82, 2.24) is 25.1 Å². The lowest BCUT2D eigenvalue weighted by Gasteiger charge is -2.21. The van der Waals surface area contributed by atoms with Gasteiger partial charge in [0.2, 0.25) is 11.1 Å². The molecule has 6 nitrogen and oxygen atoms in total. The van der Waals surface area contributed by atoms with Gasteiger partial charge in [0.15, 0.2) is 0 Å². The highest BCUT2D eigenvalue weighted by Crippen LogP contribution is 2.31. The molecule has 1 aliphatic carbocycles. The third-order valence-corrected chi connectivity index (χ3v) is 5.33. The van der Waals surface area contributed by atoms with Crippen molar-refractivity contribution in [3.05, 3.63) is 35.9 Å². The molecule has 0 aliphatic heterocycles. The van der Waals surface area contributed by atoms with Gasteiger partial charge in [-0.3, -0.25) is 4.79 Å². The highest BCUT2D eigenvalue weighted by Gasteiger charge is 2.22. The van der Waals surface area contributed by atoms with E-state index in [-0.39, 0.29) is 5.91 Å². The van der Waals surface area contributed by atoms with Crippen LogP contribution in [-0.2, 0) is 11.3 Å². The second-order valence-electron chi connectivity index (χ2n) is 6.03. The standard InChI is InChI=1S/C17H23N5OS/c1-2-21(12-14-8-4-3-5-9-14)16(23)13-24-17-18-19-20-22(17)15-10-6-7-11-15/h3-5,8-9,15H,2,6-7,10-13H2,1H3. The van der Waals surface area contributed by atoms with Crippen molar-refractivity contribution >= 4 is 17.7 Å². The molecule has 1 saturated carbocycles. The number of thioether (sulfide) groups is 1. The molecule has 0 atom stereocenters. The summed E-state index contributed by atoms with van der Waals surface area (Å²) in [6, 6.07) is 10.5. The Kier molecular flexibility index (Phi) is 5.85. The Labute approximate surface area is 146 Å². The fraction of sp³-hybridized carbons (Fsp3) is 0.529. The number of hydrogen-bond donors (Lipinski definition) is 0. The van der Waals surface area contributed by atoms with Crippen molar-refractivity contribution in [1.29, 1.82) is 0 Å². The molecule has 0 radical (unpaired) electrons. The van der Waals surface area contributed by atoms with Crippen LogP contribution in [0.3, 0.4) is 0 Å². The van der Waals surface area contributed by atoms with Gasteiger partial charge in [-0.2, -0.15) is 0 Å². The quantitative estimate of drug-likeness (QED) is 0.722. The van der Waals surface area contributed by atoms with Gasteiger partial charge in [0.1, 0.15) is 0 Å². The molecule has 0 bridgehead atoms. The average Bonchev–Trinajstić information content (AvgIpc) is 3.29. The van der Waals surface area contributed by atoms with E-state index < -0.39 is 0 Å². The van der Waals surface area contributed by atoms with E-state index in [4.69, 9.17) is 0 Å². The Morgan fingerprint density at radius 1 is 1.29 bits per heavy atom. The van der Waals surface area contributed by atoms with Crippen LogP contribution in [0.5, 0.6) is 0 Å². The fourth-order valence-corrected chi connectivity index (χ4v) is 3.90. The van der Waals surface area contributed by atoms with Gasteiger partial charge in [-0.15, -0.1) is 5.10 Å². The minimum absolute atomic E-state index is 0.118. The topological polar surface area (TPSA) is 63.9 Å². The zero-order valence-electron chi connectivity index (χ0n) is 14.0. The molecule has 1 fully saturated rings. The van der Waals surface area contributed by atoms with Crippen LogP contribution in [0, 0.1) is 0 Å². The summed E-state index contributed by atoms with van der Waals surface area (Å²) >= 11 is 1.44. The number of amides is 1. The van der Waals surface area contributed by atoms with Crippen LogP contribution >= 0.6 is 11.8 Å². The summed E-state index contributed by atoms with van der Waals surface area (Å²) in [4.78, 5) is 14.4. The Bertz CT molecular complexity index is 654. The van der Waals surface area contributed by atoms with Crippen LogP contribution in [-0.4, -0.2) is 43.3 Å². The van der Waals surface area contributed by atoms with Crippen LogP contribution in [0.2, 0.25) is 0 Å². The van der Waals surface area contributed by atoms with Crippen molar-refractivity contribution in [2.75, 3.05) is 12.3 Å². The maximum Gasteiger partial charge on any atom is 0.233 e. The zero-order valence-corrected chi connectivity index (χ0v) is 14.8. The first-order chi connectivity index (χ1) is 11.8. The second-order valence-corrected chi connectivity index (χ2v) is 6.97. The molecule has 24 heavy (non-hydrogen) atoms. The molecule has 3 rings (SSSR count). The summed E-state index contributed by atoms with van der Waals surface area (Å²) in [5.41, 5.74) is 1.15. The molecule has 1 aliphatic rings. The molecule has 1 aromatic heterocycles. The molecule has 0 N–H and O–H groups in total. The summed E-state index contributed by atoms with van der Waals surface area (Å²) in [6.07, 6.45) is 4.71. The molecule has 0 spiro atoms. The summed E-state index contributed by atoms with van der Waals surface area (Å²) in [7, 11) is 0. The number of nitrogens with zero attached hydrogens (tertiary/aromatic N) is 5. The van der Waals surface area contributed by atoms with E-state index in [2.05, 4.69) is 15.5 Å². The molecular formula is C17H23N5OS. The third-order valence-electron chi connectivity index (χ3n) is 4.41. The van der Waals surface area contributed by atoms with Crippen molar-refractivity contribution in [3.8, 4) is 0 Å². The molecular weight excluding hydrogens is 322 g/mol. The van der Waals surface area contributed by atoms with Crippen molar-refractivity contribution in [2.24, 2.45) is 0 Å². The SMILES string of the molecule is CCN(Cc1ccccc1)C(=O)CSc1nnnn1C1CCCC1. The first kappa shape index (κ1) is 17.0. The average molecular weight is 345 g/mol. The summed E-state index contributed by atoms with van der Waals surface area (Å²) in [6.45, 7) is 3.35. The van der Waals surface area contributed by atoms with Crippen molar-refractivity contribution < 1.29 is 4.79 Å². The van der Waals surface area contributed by atoms with Crippen LogP contribution in [0.25, 0.3) is 0 Å². The minimum Gasteiger partial charge on any atom is -0.338 e. The number of carbonyl (C=O) groups is 1. The number of benzene rings is 1. The number of hydrogen-bond acceptors (Lipinski definition) is 5. The lowest BCUT2D eigenvalue weighted by Crippen LogP contribution is -2.31. The van der Waals surface area contributed by atoms with Crippen LogP contribution in [0.4, 0.5) is 0 Å². The lowest BCUT2D eigenvalue weighted by atomic mass is 10.2. The Hall–Kier alpha value is -1.89. The Morgan fingerprint density at radius 2 is 2.04 bits per heavy atom. The van der Waals surface area contributed by atoms with Gasteiger partial charge in [-0.05, 0) is 35.8 Å². The van der Waals surface area contributed by atoms with Gasteiger partial charge in [0.25, 0.3) is 0 Å². The maximum absolute atomic E-state index is 12.5. The fourth-order valence-electron chi connectivity index (χ4n) is 3.06. The Balaban J connectivity index is 1.57. The van der Waals surface area contributed by atoms with E-state index in [0.29, 0.717) is 24.9 Å². The van der Waals surface area contributed by atoms with E-state index in [1.54, 1.807) is 0 Å². The highest BCUT2D eigenvalue weighted by atomic mass is 32.2. The van der Waals surface area contributed by atoms with Gasteiger partial charge < -0.3 is 4.90 Å². The minimum atomic E-state index is 0.118. The number of tetrazole rings is 1. The smallest absolute Gasteiger partial charge is 0.233 e. The van der Waals surface area contributed by atoms with E-state index in [1.807, 2.05) is 46.8 Å². The molecule has 128 valence electrons. The van der Waals surface area contributed by atoms with Gasteiger partial charge >= 0.3 is 0 Å². The summed E-state index contributed by atoms with van der Waals surface area (Å²) in [5.74, 6) is 0.487. The van der Waals surface area contributed by atoms with Crippen LogP contribution < -0.4 is 0 Å². The van der Waals surface area contributed by atoms with Gasteiger partial charge in [0.05, 0.1) is 11.8 Å². The van der Waals surface area contributed by atoms with Crippen molar-refractivity contribution in [2.45, 2.75) is 50.4 Å². The predicted octanol–water partition coefficient (Wildman–Crippen LogP) is 2.93. The third kappa shape index (κ3) is 4.14. The molecule has 1 aromatic carbocycles. The van der Waals surface area contributed by atoms with E-state index in [9.17, 15) is 4.79 Å². The molecule has 0 saturated heterocycles. The lowest BCUT2D eigenvalue weighted by molar-refractivity contribution is -0.128. The van der Waals surface area contributed by atoms with E-state index in [1.165, 1.54) is 24.6 Å². The molecule has 0 unspecified atom stereocenters. The highest BCUT2D eigenvalue weighted by molar-refractivity contribution is 7.99. The zero-order chi connectivity index (χ0) is 16.8. The molecule has 1 heterocycles. The van der Waals surface area contributed by atoms with E-state index in [0.717, 1.165) is 23.6 Å². The summed E-state index contributed by atoms with van der Waals surface area (Å²) < 4.78 is 1.90. The number of aromatic nitrogens is 4. The molecule has 7 heteroatoms. The first-order valence-electron chi connectivity index (χ1n) is 8.50. The number of carbonyl (C=O) groups excluding carboxylic acids is 1. The van der Waals surface area contributed by atoms with Crippen LogP contribution in [0.15, 0.2) is 35.5 Å². The van der Waals surface area contributed by atoms with Gasteiger partial charge in [0, 0.05) is 13.1 Å². The van der Waals surface area contributed by atoms with Gasteiger partial charge in [-0.25, -0.2) is 4.68 Å². The van der Waals surface area contributed by atoms with Crippen molar-refractivity contribution in [3.63, 3.8) is 0 Å². The second kappa shape index (κ2) is 8.28. The Morgan fingerprint density at radius 3 is 2.75 bits per heavy atom.